The summed E-state index contributed by atoms with van der Waals surface area (Å²) in [6.45, 7) is 2.50. The number of aryl methyl sites for hydroxylation is 1. The van der Waals surface area contributed by atoms with Crippen LogP contribution in [0, 0.1) is 6.92 Å². The number of aromatic nitrogens is 1. The highest BCUT2D eigenvalue weighted by Crippen LogP contribution is 2.34. The zero-order valence-electron chi connectivity index (χ0n) is 18.6. The standard InChI is InChI=1S/C26H25ClN2O2S2/c1-18-15-20(27)16-23-25(18)28-26(33-23)29(17-19-7-4-3-5-8-19)24(30)9-6-14-32-22-12-10-21(31-2)11-13-22/h3-5,7-8,10-13,15-16H,6,9,14,17H2,1-2H3. The Balaban J connectivity index is 1.47. The van der Waals surface area contributed by atoms with E-state index in [0.717, 1.165) is 39.3 Å². The van der Waals surface area contributed by atoms with Crippen molar-refractivity contribution in [3.63, 3.8) is 0 Å². The molecule has 1 amide bonds. The van der Waals surface area contributed by atoms with Crippen molar-refractivity contribution >= 4 is 56.0 Å². The number of thiazole rings is 1. The van der Waals surface area contributed by atoms with Gasteiger partial charge in [-0.1, -0.05) is 53.3 Å². The monoisotopic (exact) mass is 496 g/mol. The van der Waals surface area contributed by atoms with Gasteiger partial charge in [0.1, 0.15) is 5.75 Å². The summed E-state index contributed by atoms with van der Waals surface area (Å²) >= 11 is 9.51. The van der Waals surface area contributed by atoms with Gasteiger partial charge < -0.3 is 4.74 Å². The first-order valence-corrected chi connectivity index (χ1v) is 12.9. The highest BCUT2D eigenvalue weighted by Gasteiger charge is 2.20. The molecule has 0 spiro atoms. The Hall–Kier alpha value is -2.54. The van der Waals surface area contributed by atoms with E-state index in [2.05, 4.69) is 0 Å². The van der Waals surface area contributed by atoms with E-state index in [9.17, 15) is 4.79 Å². The van der Waals surface area contributed by atoms with Crippen molar-refractivity contribution in [1.82, 2.24) is 4.98 Å². The van der Waals surface area contributed by atoms with Gasteiger partial charge in [-0.25, -0.2) is 4.98 Å². The fourth-order valence-electron chi connectivity index (χ4n) is 3.51. The highest BCUT2D eigenvalue weighted by atomic mass is 35.5. The lowest BCUT2D eigenvalue weighted by atomic mass is 10.2. The molecule has 0 saturated carbocycles. The number of fused-ring (bicyclic) bond motifs is 1. The van der Waals surface area contributed by atoms with Crippen LogP contribution in [0.4, 0.5) is 5.13 Å². The molecule has 1 aromatic heterocycles. The average molecular weight is 497 g/mol. The van der Waals surface area contributed by atoms with E-state index < -0.39 is 0 Å². The van der Waals surface area contributed by atoms with Crippen LogP contribution < -0.4 is 9.64 Å². The van der Waals surface area contributed by atoms with Gasteiger partial charge in [-0.2, -0.15) is 0 Å². The number of rotatable bonds is 9. The molecule has 3 aromatic carbocycles. The molecule has 0 aliphatic rings. The summed E-state index contributed by atoms with van der Waals surface area (Å²) in [5.41, 5.74) is 3.00. The fraction of sp³-hybridized carbons (Fsp3) is 0.231. The number of methoxy groups -OCH3 is 1. The summed E-state index contributed by atoms with van der Waals surface area (Å²) in [4.78, 5) is 21.1. The molecule has 170 valence electrons. The zero-order valence-corrected chi connectivity index (χ0v) is 21.0. The molecule has 0 unspecified atom stereocenters. The maximum atomic E-state index is 13.3. The summed E-state index contributed by atoms with van der Waals surface area (Å²) in [6.07, 6.45) is 1.25. The number of hydrogen-bond donors (Lipinski definition) is 0. The Morgan fingerprint density at radius 1 is 1.12 bits per heavy atom. The number of amides is 1. The molecule has 7 heteroatoms. The molecule has 0 radical (unpaired) electrons. The van der Waals surface area contributed by atoms with Crippen molar-refractivity contribution in [3.05, 3.63) is 82.9 Å². The van der Waals surface area contributed by atoms with Gasteiger partial charge in [-0.3, -0.25) is 9.69 Å². The lowest BCUT2D eigenvalue weighted by Crippen LogP contribution is -2.30. The van der Waals surface area contributed by atoms with Crippen molar-refractivity contribution < 1.29 is 9.53 Å². The summed E-state index contributed by atoms with van der Waals surface area (Å²) < 4.78 is 6.20. The van der Waals surface area contributed by atoms with Crippen LogP contribution in [0.25, 0.3) is 10.2 Å². The molecule has 4 rings (SSSR count). The van der Waals surface area contributed by atoms with Crippen LogP contribution in [-0.4, -0.2) is 23.8 Å². The Kier molecular flexibility index (Phi) is 7.91. The predicted molar refractivity (Wildman–Crippen MR) is 140 cm³/mol. The van der Waals surface area contributed by atoms with Crippen molar-refractivity contribution in [2.75, 3.05) is 17.8 Å². The molecule has 4 aromatic rings. The summed E-state index contributed by atoms with van der Waals surface area (Å²) in [7, 11) is 1.66. The molecule has 0 atom stereocenters. The molecule has 0 fully saturated rings. The van der Waals surface area contributed by atoms with Crippen molar-refractivity contribution in [1.29, 1.82) is 0 Å². The number of ether oxygens (including phenoxy) is 1. The SMILES string of the molecule is COc1ccc(SCCCC(=O)N(Cc2ccccc2)c2nc3c(C)cc(Cl)cc3s2)cc1. The van der Waals surface area contributed by atoms with E-state index in [0.29, 0.717) is 23.1 Å². The van der Waals surface area contributed by atoms with Crippen LogP contribution in [0.15, 0.2) is 71.6 Å². The molecule has 0 aliphatic carbocycles. The number of hydrogen-bond acceptors (Lipinski definition) is 5. The highest BCUT2D eigenvalue weighted by molar-refractivity contribution is 7.99. The smallest absolute Gasteiger partial charge is 0.229 e. The van der Waals surface area contributed by atoms with Crippen LogP contribution in [0.5, 0.6) is 5.75 Å². The molecule has 1 heterocycles. The zero-order chi connectivity index (χ0) is 23.2. The van der Waals surface area contributed by atoms with Crippen molar-refractivity contribution in [2.45, 2.75) is 31.2 Å². The number of benzene rings is 3. The first-order valence-electron chi connectivity index (χ1n) is 10.7. The Morgan fingerprint density at radius 3 is 2.61 bits per heavy atom. The third kappa shape index (κ3) is 6.08. The molecule has 33 heavy (non-hydrogen) atoms. The minimum atomic E-state index is 0.0805. The van der Waals surface area contributed by atoms with Gasteiger partial charge in [0.25, 0.3) is 0 Å². The van der Waals surface area contributed by atoms with Crippen LogP contribution in [0.3, 0.4) is 0 Å². The molecular weight excluding hydrogens is 472 g/mol. The minimum Gasteiger partial charge on any atom is -0.497 e. The van der Waals surface area contributed by atoms with Crippen LogP contribution in [-0.2, 0) is 11.3 Å². The number of nitrogens with zero attached hydrogens (tertiary/aromatic N) is 2. The third-order valence-corrected chi connectivity index (χ3v) is 7.56. The maximum Gasteiger partial charge on any atom is 0.229 e. The molecular formula is C26H25ClN2O2S2. The van der Waals surface area contributed by atoms with E-state index in [1.54, 1.807) is 18.9 Å². The number of carbonyl (C=O) groups is 1. The lowest BCUT2D eigenvalue weighted by Gasteiger charge is -2.20. The van der Waals surface area contributed by atoms with E-state index in [-0.39, 0.29) is 5.91 Å². The second kappa shape index (κ2) is 11.1. The van der Waals surface area contributed by atoms with Gasteiger partial charge in [0.15, 0.2) is 5.13 Å². The topological polar surface area (TPSA) is 42.4 Å². The van der Waals surface area contributed by atoms with Gasteiger partial charge >= 0.3 is 0 Å². The van der Waals surface area contributed by atoms with Gasteiger partial charge in [0.05, 0.1) is 23.9 Å². The molecule has 0 saturated heterocycles. The van der Waals surface area contributed by atoms with E-state index in [1.807, 2.05) is 78.6 Å². The number of thioether (sulfide) groups is 1. The predicted octanol–water partition coefficient (Wildman–Crippen LogP) is 7.37. The Bertz CT molecular complexity index is 1230. The quantitative estimate of drug-likeness (QED) is 0.179. The van der Waals surface area contributed by atoms with E-state index in [1.165, 1.54) is 16.2 Å². The largest absolute Gasteiger partial charge is 0.497 e. The van der Waals surface area contributed by atoms with E-state index >= 15 is 0 Å². The van der Waals surface area contributed by atoms with Gasteiger partial charge in [-0.15, -0.1) is 11.8 Å². The lowest BCUT2D eigenvalue weighted by molar-refractivity contribution is -0.118. The molecule has 0 aliphatic heterocycles. The molecule has 0 bridgehead atoms. The van der Waals surface area contributed by atoms with Gasteiger partial charge in [-0.05, 0) is 66.6 Å². The molecule has 4 nitrogen and oxygen atoms in total. The van der Waals surface area contributed by atoms with Gasteiger partial charge in [0.2, 0.25) is 5.91 Å². The fourth-order valence-corrected chi connectivity index (χ4v) is 5.80. The Labute approximate surface area is 207 Å². The second-order valence-corrected chi connectivity index (χ2v) is 10.3. The number of halogens is 1. The summed E-state index contributed by atoms with van der Waals surface area (Å²) in [5.74, 6) is 1.79. The third-order valence-electron chi connectivity index (χ3n) is 5.22. The maximum absolute atomic E-state index is 13.3. The Morgan fingerprint density at radius 2 is 1.88 bits per heavy atom. The minimum absolute atomic E-state index is 0.0805. The first-order chi connectivity index (χ1) is 16.0. The second-order valence-electron chi connectivity index (χ2n) is 7.66. The number of carbonyl (C=O) groups excluding carboxylic acids is 1. The number of anilines is 1. The van der Waals surface area contributed by atoms with Crippen molar-refractivity contribution in [2.24, 2.45) is 0 Å². The molecule has 0 N–H and O–H groups in total. The van der Waals surface area contributed by atoms with E-state index in [4.69, 9.17) is 21.3 Å². The van der Waals surface area contributed by atoms with Crippen LogP contribution >= 0.6 is 34.7 Å². The van der Waals surface area contributed by atoms with Gasteiger partial charge in [0, 0.05) is 16.3 Å². The first kappa shape index (κ1) is 23.6. The summed E-state index contributed by atoms with van der Waals surface area (Å²) in [5, 5.41) is 1.40. The van der Waals surface area contributed by atoms with Crippen LogP contribution in [0.2, 0.25) is 5.02 Å². The van der Waals surface area contributed by atoms with Crippen molar-refractivity contribution in [3.8, 4) is 5.75 Å². The summed E-state index contributed by atoms with van der Waals surface area (Å²) in [6, 6.07) is 21.9. The van der Waals surface area contributed by atoms with Crippen LogP contribution in [0.1, 0.15) is 24.0 Å². The average Bonchev–Trinajstić information content (AvgIpc) is 3.25. The normalized spacial score (nSPS) is 11.0.